The number of pyridine rings is 1. The highest BCUT2D eigenvalue weighted by atomic mass is 14.9. The Morgan fingerprint density at radius 2 is 1.94 bits per heavy atom. The van der Waals surface area contributed by atoms with Gasteiger partial charge in [0.2, 0.25) is 0 Å². The van der Waals surface area contributed by atoms with Crippen molar-refractivity contribution in [2.45, 2.75) is 18.9 Å². The van der Waals surface area contributed by atoms with Gasteiger partial charge in [-0.2, -0.15) is 0 Å². The van der Waals surface area contributed by atoms with Gasteiger partial charge in [0.15, 0.2) is 12.4 Å². The third-order valence-corrected chi connectivity index (χ3v) is 3.56. The quantitative estimate of drug-likeness (QED) is 0.789. The van der Waals surface area contributed by atoms with E-state index in [0.717, 1.165) is 6.42 Å². The Balaban J connectivity index is 1.86. The zero-order valence-corrected chi connectivity index (χ0v) is 9.89. The Morgan fingerprint density at radius 1 is 1.12 bits per heavy atom. The molecular weight excluding hydrogens is 208 g/mol. The summed E-state index contributed by atoms with van der Waals surface area (Å²) in [5.41, 5.74) is 4.45. The third-order valence-electron chi connectivity index (χ3n) is 3.56. The van der Waals surface area contributed by atoms with E-state index in [9.17, 15) is 0 Å². The summed E-state index contributed by atoms with van der Waals surface area (Å²) in [5.74, 6) is 0. The van der Waals surface area contributed by atoms with E-state index >= 15 is 0 Å². The van der Waals surface area contributed by atoms with Gasteiger partial charge in [0.05, 0.1) is 6.54 Å². The van der Waals surface area contributed by atoms with Crippen LogP contribution in [-0.2, 0) is 12.8 Å². The van der Waals surface area contributed by atoms with Crippen molar-refractivity contribution >= 4 is 0 Å². The molecule has 0 fully saturated rings. The average Bonchev–Trinajstić information content (AvgIpc) is 2.40. The van der Waals surface area contributed by atoms with Crippen molar-refractivity contribution < 1.29 is 10.3 Å². The first-order chi connectivity index (χ1) is 8.43. The summed E-state index contributed by atoms with van der Waals surface area (Å²) in [6.45, 7) is 1.21. The normalized spacial score (nSPS) is 18.7. The Hall–Kier alpha value is -1.67. The number of aromatic nitrogens is 1. The minimum atomic E-state index is 0.586. The van der Waals surface area contributed by atoms with Gasteiger partial charge in [0.1, 0.15) is 6.04 Å². The minimum absolute atomic E-state index is 0.586. The standard InChI is InChI=1S/C15H16N2/c1-2-4-14-13(3-1)7-10-17-15(14)11-12-5-8-16-9-6-12/h1-6,8-9,15,17H,7,10-11H2/p+2. The van der Waals surface area contributed by atoms with Crippen LogP contribution >= 0.6 is 0 Å². The van der Waals surface area contributed by atoms with Gasteiger partial charge in [-0.1, -0.05) is 24.3 Å². The second kappa shape index (κ2) is 4.68. The molecule has 17 heavy (non-hydrogen) atoms. The van der Waals surface area contributed by atoms with E-state index in [1.165, 1.54) is 29.7 Å². The SMILES string of the molecule is c1ccc2c(c1)CC[NH2+]C2Cc1cc[nH+]cc1. The van der Waals surface area contributed by atoms with Gasteiger partial charge in [0.25, 0.3) is 0 Å². The molecule has 1 aromatic heterocycles. The fourth-order valence-corrected chi connectivity index (χ4v) is 2.70. The molecule has 1 unspecified atom stereocenters. The molecule has 0 radical (unpaired) electrons. The van der Waals surface area contributed by atoms with E-state index in [4.69, 9.17) is 0 Å². The lowest BCUT2D eigenvalue weighted by atomic mass is 9.91. The molecule has 0 spiro atoms. The first kappa shape index (κ1) is 10.5. The maximum absolute atomic E-state index is 3.08. The summed E-state index contributed by atoms with van der Waals surface area (Å²) < 4.78 is 0. The summed E-state index contributed by atoms with van der Waals surface area (Å²) in [6, 6.07) is 13.8. The number of quaternary nitrogens is 1. The van der Waals surface area contributed by atoms with Crippen LogP contribution in [0.25, 0.3) is 0 Å². The van der Waals surface area contributed by atoms with Crippen LogP contribution in [0, 0.1) is 0 Å². The zero-order valence-electron chi connectivity index (χ0n) is 9.89. The Morgan fingerprint density at radius 3 is 2.82 bits per heavy atom. The van der Waals surface area contributed by atoms with Gasteiger partial charge in [-0.3, -0.25) is 0 Å². The number of aromatic amines is 1. The number of nitrogens with one attached hydrogen (secondary N) is 1. The molecule has 0 aliphatic carbocycles. The molecule has 0 saturated heterocycles. The highest BCUT2D eigenvalue weighted by molar-refractivity contribution is 5.31. The van der Waals surface area contributed by atoms with E-state index in [2.05, 4.69) is 46.7 Å². The predicted molar refractivity (Wildman–Crippen MR) is 66.4 cm³/mol. The number of benzene rings is 1. The van der Waals surface area contributed by atoms with Crippen molar-refractivity contribution in [2.24, 2.45) is 0 Å². The van der Waals surface area contributed by atoms with E-state index in [0.29, 0.717) is 6.04 Å². The minimum Gasteiger partial charge on any atom is -0.340 e. The molecule has 1 aromatic carbocycles. The van der Waals surface area contributed by atoms with Crippen LogP contribution in [0.3, 0.4) is 0 Å². The molecule has 1 aliphatic rings. The smallest absolute Gasteiger partial charge is 0.167 e. The Kier molecular flexibility index (Phi) is 2.88. The number of fused-ring (bicyclic) bond motifs is 1. The Labute approximate surface area is 102 Å². The third kappa shape index (κ3) is 2.22. The molecule has 2 heterocycles. The van der Waals surface area contributed by atoms with Crippen LogP contribution in [0.4, 0.5) is 0 Å². The number of rotatable bonds is 2. The molecule has 0 amide bonds. The monoisotopic (exact) mass is 226 g/mol. The van der Waals surface area contributed by atoms with Gasteiger partial charge in [0, 0.05) is 30.5 Å². The highest BCUT2D eigenvalue weighted by Crippen LogP contribution is 2.21. The summed E-state index contributed by atoms with van der Waals surface area (Å²) in [4.78, 5) is 3.08. The van der Waals surface area contributed by atoms with Crippen LogP contribution < -0.4 is 10.3 Å². The summed E-state index contributed by atoms with van der Waals surface area (Å²) in [6.07, 6.45) is 6.33. The molecular formula is C15H18N2+2. The number of H-pyrrole nitrogens is 1. The van der Waals surface area contributed by atoms with Crippen LogP contribution in [0.15, 0.2) is 48.8 Å². The van der Waals surface area contributed by atoms with Gasteiger partial charge in [-0.15, -0.1) is 0 Å². The lowest BCUT2D eigenvalue weighted by Gasteiger charge is -2.23. The van der Waals surface area contributed by atoms with Gasteiger partial charge >= 0.3 is 0 Å². The van der Waals surface area contributed by atoms with Crippen LogP contribution in [0.5, 0.6) is 0 Å². The molecule has 86 valence electrons. The van der Waals surface area contributed by atoms with Gasteiger partial charge in [-0.25, -0.2) is 4.98 Å². The highest BCUT2D eigenvalue weighted by Gasteiger charge is 2.22. The van der Waals surface area contributed by atoms with Crippen LogP contribution in [-0.4, -0.2) is 6.54 Å². The fraction of sp³-hybridized carbons (Fsp3) is 0.267. The van der Waals surface area contributed by atoms with Crippen molar-refractivity contribution in [2.75, 3.05) is 6.54 Å². The summed E-state index contributed by atoms with van der Waals surface area (Å²) in [5, 5.41) is 2.47. The van der Waals surface area contributed by atoms with Gasteiger partial charge < -0.3 is 5.32 Å². The van der Waals surface area contributed by atoms with E-state index < -0.39 is 0 Å². The van der Waals surface area contributed by atoms with E-state index in [1.807, 2.05) is 12.4 Å². The lowest BCUT2D eigenvalue weighted by Crippen LogP contribution is -2.87. The van der Waals surface area contributed by atoms with Crippen molar-refractivity contribution in [1.82, 2.24) is 0 Å². The lowest BCUT2D eigenvalue weighted by molar-refractivity contribution is -0.698. The topological polar surface area (TPSA) is 30.8 Å². The number of hydrogen-bond acceptors (Lipinski definition) is 0. The first-order valence-corrected chi connectivity index (χ1v) is 6.29. The summed E-state index contributed by atoms with van der Waals surface area (Å²) in [7, 11) is 0. The molecule has 1 atom stereocenters. The Bertz CT molecular complexity index is 493. The second-order valence-corrected chi connectivity index (χ2v) is 4.69. The van der Waals surface area contributed by atoms with Crippen molar-refractivity contribution in [3.8, 4) is 0 Å². The van der Waals surface area contributed by atoms with Crippen molar-refractivity contribution in [3.05, 3.63) is 65.5 Å². The van der Waals surface area contributed by atoms with E-state index in [1.54, 1.807) is 0 Å². The van der Waals surface area contributed by atoms with Crippen LogP contribution in [0.2, 0.25) is 0 Å². The second-order valence-electron chi connectivity index (χ2n) is 4.69. The van der Waals surface area contributed by atoms with E-state index in [-0.39, 0.29) is 0 Å². The maximum atomic E-state index is 3.08. The molecule has 2 nitrogen and oxygen atoms in total. The molecule has 0 saturated carbocycles. The number of nitrogens with two attached hydrogens (primary N) is 1. The first-order valence-electron chi connectivity index (χ1n) is 6.29. The maximum Gasteiger partial charge on any atom is 0.167 e. The van der Waals surface area contributed by atoms with Crippen LogP contribution in [0.1, 0.15) is 22.7 Å². The summed E-state index contributed by atoms with van der Waals surface area (Å²) >= 11 is 0. The van der Waals surface area contributed by atoms with Crippen molar-refractivity contribution in [1.29, 1.82) is 0 Å². The van der Waals surface area contributed by atoms with Gasteiger partial charge in [-0.05, 0) is 11.1 Å². The molecule has 3 rings (SSSR count). The molecule has 1 aliphatic heterocycles. The molecule has 2 aromatic rings. The molecule has 2 heteroatoms. The molecule has 3 N–H and O–H groups in total. The fourth-order valence-electron chi connectivity index (χ4n) is 2.70. The zero-order chi connectivity index (χ0) is 11.5. The van der Waals surface area contributed by atoms with Crippen molar-refractivity contribution in [3.63, 3.8) is 0 Å². The molecule has 0 bridgehead atoms. The average molecular weight is 226 g/mol. The largest absolute Gasteiger partial charge is 0.340 e. The predicted octanol–water partition coefficient (Wildman–Crippen LogP) is 0.904. The number of hydrogen-bond donors (Lipinski definition) is 1.